The number of benzene rings is 8. The lowest BCUT2D eigenvalue weighted by atomic mass is 10.0. The molecule has 8 aromatic carbocycles. The van der Waals surface area contributed by atoms with E-state index in [1.54, 1.807) is 11.3 Å². The van der Waals surface area contributed by atoms with E-state index in [1.165, 1.54) is 14.8 Å². The molecule has 4 aromatic heterocycles. The number of nitrogens with zero attached hydrogens (tertiary/aromatic N) is 4. The van der Waals surface area contributed by atoms with Crippen LogP contribution in [-0.4, -0.2) is 15.0 Å². The lowest BCUT2D eigenvalue weighted by molar-refractivity contribution is 0.667. The van der Waals surface area contributed by atoms with E-state index in [2.05, 4.69) is 120 Å². The van der Waals surface area contributed by atoms with Crippen LogP contribution in [0.4, 0.5) is 17.1 Å². The van der Waals surface area contributed by atoms with E-state index < -0.39 is 0 Å². The number of thiophene rings is 1. The summed E-state index contributed by atoms with van der Waals surface area (Å²) in [6.45, 7) is 0. The normalized spacial score (nSPS) is 11.8. The zero-order valence-corrected chi connectivity index (χ0v) is 31.7. The molecule has 0 atom stereocenters. The van der Waals surface area contributed by atoms with Gasteiger partial charge in [-0.3, -0.25) is 0 Å². The van der Waals surface area contributed by atoms with E-state index in [-0.39, 0.29) is 0 Å². The summed E-state index contributed by atoms with van der Waals surface area (Å²) in [5.74, 6) is 1.75. The molecule has 0 aliphatic carbocycles. The van der Waals surface area contributed by atoms with Gasteiger partial charge in [-0.2, -0.15) is 0 Å². The highest BCUT2D eigenvalue weighted by Gasteiger charge is 2.25. The molecule has 0 unspecified atom stereocenters. The highest BCUT2D eigenvalue weighted by Crippen LogP contribution is 2.47. The maximum Gasteiger partial charge on any atom is 0.164 e. The van der Waals surface area contributed by atoms with Crippen molar-refractivity contribution in [1.82, 2.24) is 15.0 Å². The molecular weight excluding hydrogens is 733 g/mol. The molecule has 58 heavy (non-hydrogen) atoms. The van der Waals surface area contributed by atoms with Crippen LogP contribution >= 0.6 is 11.3 Å². The standard InChI is InChI=1S/C51H30N4O2S/c1-3-15-31(16-4-1)49-52-50(38-23-14-28-45-47(38)37-21-9-12-27-44(37)58-45)54-51(53-49)39-29-33(30-43-46(39)36-20-8-11-26-42(36)56-43)55(32-17-5-2-6-18-32)40-24-13-22-35-34-19-7-10-25-41(34)57-48(35)40/h1-30H. The number of hydrogen-bond donors (Lipinski definition) is 0. The van der Waals surface area contributed by atoms with Crippen LogP contribution in [-0.2, 0) is 0 Å². The molecule has 0 saturated carbocycles. The van der Waals surface area contributed by atoms with Gasteiger partial charge in [0.25, 0.3) is 0 Å². The monoisotopic (exact) mass is 762 g/mol. The Morgan fingerprint density at radius 3 is 1.84 bits per heavy atom. The van der Waals surface area contributed by atoms with Gasteiger partial charge in [-0.15, -0.1) is 11.3 Å². The quantitative estimate of drug-likeness (QED) is 0.168. The van der Waals surface area contributed by atoms with Crippen LogP contribution in [0.3, 0.4) is 0 Å². The van der Waals surface area contributed by atoms with Crippen LogP contribution in [0.5, 0.6) is 0 Å². The lowest BCUT2D eigenvalue weighted by Crippen LogP contribution is -2.10. The molecule has 0 aliphatic rings. The summed E-state index contributed by atoms with van der Waals surface area (Å²) in [6.07, 6.45) is 0. The Kier molecular flexibility index (Phi) is 7.30. The number of rotatable bonds is 6. The third-order valence-corrected chi connectivity index (χ3v) is 12.0. The minimum atomic E-state index is 0.550. The van der Waals surface area contributed by atoms with Gasteiger partial charge in [0.2, 0.25) is 0 Å². The second-order valence-electron chi connectivity index (χ2n) is 14.3. The molecule has 0 saturated heterocycles. The average molecular weight is 763 g/mol. The summed E-state index contributed by atoms with van der Waals surface area (Å²) >= 11 is 1.78. The van der Waals surface area contributed by atoms with Crippen LogP contribution in [0.1, 0.15) is 0 Å². The molecule has 0 amide bonds. The number of para-hydroxylation sites is 4. The fraction of sp³-hybridized carbons (Fsp3) is 0. The Bertz CT molecular complexity index is 3530. The van der Waals surface area contributed by atoms with E-state index in [0.717, 1.165) is 83.0 Å². The maximum atomic E-state index is 6.72. The number of aromatic nitrogens is 3. The van der Waals surface area contributed by atoms with Gasteiger partial charge in [-0.05, 0) is 48.5 Å². The Morgan fingerprint density at radius 1 is 0.397 bits per heavy atom. The summed E-state index contributed by atoms with van der Waals surface area (Å²) in [6, 6.07) is 62.4. The fourth-order valence-corrected chi connectivity index (χ4v) is 9.48. The zero-order valence-electron chi connectivity index (χ0n) is 30.8. The first-order valence-corrected chi connectivity index (χ1v) is 20.0. The molecule has 6 nitrogen and oxygen atoms in total. The van der Waals surface area contributed by atoms with Gasteiger partial charge in [-0.1, -0.05) is 127 Å². The van der Waals surface area contributed by atoms with Crippen molar-refractivity contribution in [2.45, 2.75) is 0 Å². The number of fused-ring (bicyclic) bond motifs is 9. The number of furan rings is 2. The molecule has 0 radical (unpaired) electrons. The summed E-state index contributed by atoms with van der Waals surface area (Å²) < 4.78 is 15.8. The minimum absolute atomic E-state index is 0.550. The predicted molar refractivity (Wildman–Crippen MR) is 238 cm³/mol. The zero-order chi connectivity index (χ0) is 38.2. The molecule has 7 heteroatoms. The Morgan fingerprint density at radius 2 is 1.02 bits per heavy atom. The van der Waals surface area contributed by atoms with Crippen LogP contribution in [0.15, 0.2) is 191 Å². The highest BCUT2D eigenvalue weighted by molar-refractivity contribution is 7.25. The van der Waals surface area contributed by atoms with Crippen molar-refractivity contribution in [2.24, 2.45) is 0 Å². The largest absolute Gasteiger partial charge is 0.456 e. The molecule has 0 aliphatic heterocycles. The SMILES string of the molecule is c1ccc(-c2nc(-c3cc(N(c4ccccc4)c4cccc5c4oc4ccccc45)cc4oc5ccccc5c34)nc(-c3cccc4sc5ccccc5c34)n2)cc1. The summed E-state index contributed by atoms with van der Waals surface area (Å²) in [5.41, 5.74) is 8.58. The molecule has 272 valence electrons. The molecule has 0 spiro atoms. The molecule has 12 rings (SSSR count). The highest BCUT2D eigenvalue weighted by atomic mass is 32.1. The first-order chi connectivity index (χ1) is 28.7. The van der Waals surface area contributed by atoms with Crippen molar-refractivity contribution < 1.29 is 8.83 Å². The molecule has 0 fully saturated rings. The Hall–Kier alpha value is -7.61. The van der Waals surface area contributed by atoms with Crippen LogP contribution in [0.2, 0.25) is 0 Å². The molecule has 12 aromatic rings. The van der Waals surface area contributed by atoms with E-state index in [9.17, 15) is 0 Å². The smallest absolute Gasteiger partial charge is 0.164 e. The Labute approximate surface area is 335 Å². The van der Waals surface area contributed by atoms with Gasteiger partial charge in [0.15, 0.2) is 23.1 Å². The fourth-order valence-electron chi connectivity index (χ4n) is 8.35. The van der Waals surface area contributed by atoms with Crippen molar-refractivity contribution >= 4 is 92.4 Å². The first kappa shape index (κ1) is 32.6. The number of hydrogen-bond acceptors (Lipinski definition) is 7. The molecule has 0 bridgehead atoms. The van der Waals surface area contributed by atoms with E-state index >= 15 is 0 Å². The first-order valence-electron chi connectivity index (χ1n) is 19.2. The Balaban J connectivity index is 1.17. The van der Waals surface area contributed by atoms with Crippen molar-refractivity contribution in [1.29, 1.82) is 0 Å². The van der Waals surface area contributed by atoms with Crippen LogP contribution < -0.4 is 4.90 Å². The third kappa shape index (κ3) is 5.14. The van der Waals surface area contributed by atoms with Gasteiger partial charge < -0.3 is 13.7 Å². The third-order valence-electron chi connectivity index (χ3n) is 10.9. The topological polar surface area (TPSA) is 68.2 Å². The van der Waals surface area contributed by atoms with E-state index in [1.807, 2.05) is 66.7 Å². The van der Waals surface area contributed by atoms with E-state index in [0.29, 0.717) is 17.5 Å². The summed E-state index contributed by atoms with van der Waals surface area (Å²) in [7, 11) is 0. The minimum Gasteiger partial charge on any atom is -0.456 e. The number of anilines is 3. The van der Waals surface area contributed by atoms with Gasteiger partial charge in [0.05, 0.1) is 11.4 Å². The van der Waals surface area contributed by atoms with E-state index in [4.69, 9.17) is 23.8 Å². The van der Waals surface area contributed by atoms with Gasteiger partial charge in [0, 0.05) is 70.2 Å². The second-order valence-corrected chi connectivity index (χ2v) is 15.4. The van der Waals surface area contributed by atoms with Crippen molar-refractivity contribution in [2.75, 3.05) is 4.90 Å². The van der Waals surface area contributed by atoms with Gasteiger partial charge in [0.1, 0.15) is 16.7 Å². The van der Waals surface area contributed by atoms with Crippen LogP contribution in [0.25, 0.3) is 98.2 Å². The van der Waals surface area contributed by atoms with Crippen LogP contribution in [0, 0.1) is 0 Å². The molecule has 4 heterocycles. The second kappa shape index (κ2) is 13.0. The van der Waals surface area contributed by atoms with Crippen molar-refractivity contribution in [3.63, 3.8) is 0 Å². The lowest BCUT2D eigenvalue weighted by Gasteiger charge is -2.26. The van der Waals surface area contributed by atoms with Gasteiger partial charge in [-0.25, -0.2) is 15.0 Å². The maximum absolute atomic E-state index is 6.72. The molecule has 0 N–H and O–H groups in total. The van der Waals surface area contributed by atoms with Gasteiger partial charge >= 0.3 is 0 Å². The summed E-state index contributed by atoms with van der Waals surface area (Å²) in [5, 5.41) is 6.36. The summed E-state index contributed by atoms with van der Waals surface area (Å²) in [4.78, 5) is 18.1. The van der Waals surface area contributed by atoms with Crippen molar-refractivity contribution in [3.05, 3.63) is 182 Å². The predicted octanol–water partition coefficient (Wildman–Crippen LogP) is 14.5. The average Bonchev–Trinajstić information content (AvgIpc) is 3.98. The molecular formula is C51H30N4O2S. The van der Waals surface area contributed by atoms with Crippen molar-refractivity contribution in [3.8, 4) is 34.2 Å².